The molecule has 29 heavy (non-hydrogen) atoms. The molecule has 0 spiro atoms. The Hall–Kier alpha value is -3.19. The fourth-order valence-corrected chi connectivity index (χ4v) is 3.33. The summed E-state index contributed by atoms with van der Waals surface area (Å²) in [5.74, 6) is 1.22. The van der Waals surface area contributed by atoms with Crippen molar-refractivity contribution in [1.29, 1.82) is 0 Å². The van der Waals surface area contributed by atoms with Gasteiger partial charge in [0.1, 0.15) is 5.82 Å². The molecule has 0 aliphatic rings. The van der Waals surface area contributed by atoms with Crippen molar-refractivity contribution in [1.82, 2.24) is 29.6 Å². The van der Waals surface area contributed by atoms with Crippen molar-refractivity contribution < 1.29 is 4.39 Å². The first-order valence-corrected chi connectivity index (χ1v) is 9.59. The second kappa shape index (κ2) is 8.05. The van der Waals surface area contributed by atoms with Crippen LogP contribution in [0, 0.1) is 12.7 Å². The number of nitrogens with zero attached hydrogens (tertiary/aromatic N) is 6. The third-order valence-electron chi connectivity index (χ3n) is 4.77. The molecule has 6 nitrogen and oxygen atoms in total. The fourth-order valence-electron chi connectivity index (χ4n) is 3.33. The van der Waals surface area contributed by atoms with Crippen LogP contribution in [0.15, 0.2) is 48.8 Å². The van der Waals surface area contributed by atoms with Crippen LogP contribution in [-0.4, -0.2) is 50.3 Å². The van der Waals surface area contributed by atoms with E-state index in [2.05, 4.69) is 29.0 Å². The molecule has 0 saturated carbocycles. The highest BCUT2D eigenvalue weighted by atomic mass is 19.1. The topological polar surface area (TPSA) is 59.7 Å². The van der Waals surface area contributed by atoms with Crippen LogP contribution in [0.1, 0.15) is 17.8 Å². The highest BCUT2D eigenvalue weighted by Gasteiger charge is 2.16. The lowest BCUT2D eigenvalue weighted by Crippen LogP contribution is -2.13. The number of benzene rings is 2. The minimum Gasteiger partial charge on any atom is -0.309 e. The zero-order valence-corrected chi connectivity index (χ0v) is 16.8. The molecule has 2 heterocycles. The fraction of sp³-hybridized carbons (Fsp3) is 0.273. The van der Waals surface area contributed by atoms with Crippen LogP contribution in [-0.2, 0) is 6.42 Å². The van der Waals surface area contributed by atoms with Crippen molar-refractivity contribution in [3.05, 3.63) is 66.0 Å². The zero-order chi connectivity index (χ0) is 20.4. The maximum absolute atomic E-state index is 13.6. The first kappa shape index (κ1) is 19.1. The normalized spacial score (nSPS) is 11.5. The lowest BCUT2D eigenvalue weighted by molar-refractivity contribution is 0.398. The van der Waals surface area contributed by atoms with Crippen molar-refractivity contribution in [3.8, 4) is 17.1 Å². The number of rotatable bonds is 6. The molecule has 0 atom stereocenters. The zero-order valence-electron chi connectivity index (χ0n) is 16.8. The van der Waals surface area contributed by atoms with Gasteiger partial charge in [0.05, 0.1) is 16.7 Å². The lowest BCUT2D eigenvalue weighted by atomic mass is 10.1. The lowest BCUT2D eigenvalue weighted by Gasteiger charge is -2.09. The number of halogens is 1. The number of fused-ring (bicyclic) bond motifs is 1. The second-order valence-corrected chi connectivity index (χ2v) is 7.36. The molecule has 0 saturated heterocycles. The van der Waals surface area contributed by atoms with Gasteiger partial charge in [0.25, 0.3) is 0 Å². The molecule has 2 aromatic carbocycles. The predicted molar refractivity (Wildman–Crippen MR) is 111 cm³/mol. The van der Waals surface area contributed by atoms with E-state index >= 15 is 0 Å². The van der Waals surface area contributed by atoms with Gasteiger partial charge in [-0.2, -0.15) is 5.10 Å². The molecule has 7 heteroatoms. The first-order chi connectivity index (χ1) is 14.0. The minimum atomic E-state index is -0.264. The molecule has 0 amide bonds. The average molecular weight is 390 g/mol. The summed E-state index contributed by atoms with van der Waals surface area (Å²) in [5.41, 5.74) is 4.13. The van der Waals surface area contributed by atoms with Crippen molar-refractivity contribution >= 4 is 11.0 Å². The summed E-state index contributed by atoms with van der Waals surface area (Å²) in [5, 5.41) is 4.75. The molecule has 0 fully saturated rings. The van der Waals surface area contributed by atoms with Gasteiger partial charge in [-0.25, -0.2) is 14.1 Å². The van der Waals surface area contributed by atoms with Crippen LogP contribution in [0.5, 0.6) is 0 Å². The molecule has 0 bridgehead atoms. The van der Waals surface area contributed by atoms with Crippen molar-refractivity contribution in [2.45, 2.75) is 19.8 Å². The maximum Gasteiger partial charge on any atom is 0.163 e. The average Bonchev–Trinajstić information content (AvgIpc) is 3.11. The highest BCUT2D eigenvalue weighted by Crippen LogP contribution is 2.26. The molecule has 0 unspecified atom stereocenters. The third kappa shape index (κ3) is 4.14. The number of aromatic nitrogens is 5. The van der Waals surface area contributed by atoms with Crippen molar-refractivity contribution in [3.63, 3.8) is 0 Å². The third-order valence-corrected chi connectivity index (χ3v) is 4.77. The van der Waals surface area contributed by atoms with E-state index < -0.39 is 0 Å². The Bertz CT molecular complexity index is 1150. The van der Waals surface area contributed by atoms with Crippen LogP contribution >= 0.6 is 0 Å². The van der Waals surface area contributed by atoms with E-state index in [4.69, 9.17) is 10.1 Å². The molecule has 148 valence electrons. The van der Waals surface area contributed by atoms with Crippen LogP contribution in [0.25, 0.3) is 28.1 Å². The van der Waals surface area contributed by atoms with Gasteiger partial charge in [-0.15, -0.1) is 0 Å². The Labute approximate surface area is 169 Å². The minimum absolute atomic E-state index is 0.264. The standard InChI is InChI=1S/C22H23FN6/c1-15-13-17(23)7-9-20(15)29-22(26-21(27-29)5-4-12-28(2)3)16-6-8-18-19(14-16)25-11-10-24-18/h6-11,13-14H,4-5,12H2,1-3H3. The van der Waals surface area contributed by atoms with Gasteiger partial charge in [0, 0.05) is 24.4 Å². The van der Waals surface area contributed by atoms with Crippen molar-refractivity contribution in [2.24, 2.45) is 0 Å². The Morgan fingerprint density at radius 1 is 1.00 bits per heavy atom. The molecule has 0 N–H and O–H groups in total. The van der Waals surface area contributed by atoms with E-state index in [1.54, 1.807) is 23.1 Å². The number of hydrogen-bond donors (Lipinski definition) is 0. The van der Waals surface area contributed by atoms with Crippen LogP contribution in [0.4, 0.5) is 4.39 Å². The number of aryl methyl sites for hydroxylation is 2. The van der Waals surface area contributed by atoms with Gasteiger partial charge in [0.2, 0.25) is 0 Å². The smallest absolute Gasteiger partial charge is 0.163 e. The summed E-state index contributed by atoms with van der Waals surface area (Å²) in [6.07, 6.45) is 5.08. The summed E-state index contributed by atoms with van der Waals surface area (Å²) >= 11 is 0. The van der Waals surface area contributed by atoms with E-state index in [-0.39, 0.29) is 5.82 Å². The van der Waals surface area contributed by atoms with Crippen LogP contribution < -0.4 is 0 Å². The van der Waals surface area contributed by atoms with E-state index in [0.29, 0.717) is 5.82 Å². The van der Waals surface area contributed by atoms with Gasteiger partial charge >= 0.3 is 0 Å². The first-order valence-electron chi connectivity index (χ1n) is 9.59. The van der Waals surface area contributed by atoms with E-state index in [9.17, 15) is 4.39 Å². The monoisotopic (exact) mass is 390 g/mol. The summed E-state index contributed by atoms with van der Waals surface area (Å²) in [6.45, 7) is 2.84. The van der Waals surface area contributed by atoms with E-state index in [1.165, 1.54) is 12.1 Å². The van der Waals surface area contributed by atoms with Gasteiger partial charge in [-0.3, -0.25) is 9.97 Å². The maximum atomic E-state index is 13.6. The van der Waals surface area contributed by atoms with Crippen LogP contribution in [0.3, 0.4) is 0 Å². The Morgan fingerprint density at radius 3 is 2.55 bits per heavy atom. The Morgan fingerprint density at radius 2 is 1.79 bits per heavy atom. The summed E-state index contributed by atoms with van der Waals surface area (Å²) in [7, 11) is 4.10. The van der Waals surface area contributed by atoms with Crippen LogP contribution in [0.2, 0.25) is 0 Å². The molecule has 2 aromatic heterocycles. The summed E-state index contributed by atoms with van der Waals surface area (Å²) in [6, 6.07) is 10.6. The summed E-state index contributed by atoms with van der Waals surface area (Å²) < 4.78 is 15.4. The van der Waals surface area contributed by atoms with Gasteiger partial charge < -0.3 is 4.90 Å². The summed E-state index contributed by atoms with van der Waals surface area (Å²) in [4.78, 5) is 15.7. The van der Waals surface area contributed by atoms with E-state index in [1.807, 2.05) is 25.1 Å². The van der Waals surface area contributed by atoms with Gasteiger partial charge in [-0.05, 0) is 75.9 Å². The molecule has 4 rings (SSSR count). The quantitative estimate of drug-likeness (QED) is 0.501. The predicted octanol–water partition coefficient (Wildman–Crippen LogP) is 3.82. The number of hydrogen-bond acceptors (Lipinski definition) is 5. The van der Waals surface area contributed by atoms with E-state index in [0.717, 1.165) is 53.1 Å². The largest absolute Gasteiger partial charge is 0.309 e. The second-order valence-electron chi connectivity index (χ2n) is 7.36. The molecule has 0 aliphatic heterocycles. The van der Waals surface area contributed by atoms with Crippen molar-refractivity contribution in [2.75, 3.05) is 20.6 Å². The highest BCUT2D eigenvalue weighted by molar-refractivity contribution is 5.79. The molecular formula is C22H23FN6. The SMILES string of the molecule is Cc1cc(F)ccc1-n1nc(CCCN(C)C)nc1-c1ccc2nccnc2c1. The molecule has 0 radical (unpaired) electrons. The molecular weight excluding hydrogens is 367 g/mol. The Kier molecular flexibility index (Phi) is 5.31. The van der Waals surface area contributed by atoms with Gasteiger partial charge in [0.15, 0.2) is 11.6 Å². The molecule has 4 aromatic rings. The Balaban J connectivity index is 1.80. The molecule has 0 aliphatic carbocycles. The van der Waals surface area contributed by atoms with Gasteiger partial charge in [-0.1, -0.05) is 0 Å².